The van der Waals surface area contributed by atoms with Crippen LogP contribution in [0, 0.1) is 5.82 Å². The Morgan fingerprint density at radius 1 is 1.12 bits per heavy atom. The minimum Gasteiger partial charge on any atom is -0.452 e. The molecule has 3 aromatic rings. The van der Waals surface area contributed by atoms with Gasteiger partial charge < -0.3 is 9.47 Å². The van der Waals surface area contributed by atoms with Crippen LogP contribution in [0.25, 0.3) is 6.08 Å². The average molecular weight is 366 g/mol. The number of benzene rings is 2. The number of esters is 1. The number of rotatable bonds is 3. The maximum Gasteiger partial charge on any atom is 0.353 e. The molecule has 0 radical (unpaired) electrons. The van der Waals surface area contributed by atoms with Crippen LogP contribution >= 0.6 is 11.3 Å². The summed E-state index contributed by atoms with van der Waals surface area (Å²) in [6.07, 6.45) is 1.54. The van der Waals surface area contributed by atoms with Crippen LogP contribution in [0.2, 0.25) is 0 Å². The highest BCUT2D eigenvalue weighted by molar-refractivity contribution is 7.12. The molecule has 1 aromatic heterocycles. The molecule has 0 spiro atoms. The van der Waals surface area contributed by atoms with Gasteiger partial charge in [-0.05, 0) is 47.4 Å². The molecule has 2 heterocycles. The second-order valence-electron chi connectivity index (χ2n) is 5.52. The molecular formula is C20H11FO4S. The van der Waals surface area contributed by atoms with Gasteiger partial charge in [-0.2, -0.15) is 0 Å². The van der Waals surface area contributed by atoms with Gasteiger partial charge >= 0.3 is 5.97 Å². The van der Waals surface area contributed by atoms with Gasteiger partial charge in [0.25, 0.3) is 0 Å². The second kappa shape index (κ2) is 6.57. The van der Waals surface area contributed by atoms with E-state index in [4.69, 9.17) is 9.47 Å². The van der Waals surface area contributed by atoms with Crippen LogP contribution < -0.4 is 9.47 Å². The largest absolute Gasteiger partial charge is 0.452 e. The van der Waals surface area contributed by atoms with Crippen LogP contribution in [0.4, 0.5) is 4.39 Å². The van der Waals surface area contributed by atoms with E-state index in [1.807, 2.05) is 0 Å². The van der Waals surface area contributed by atoms with E-state index < -0.39 is 5.97 Å². The lowest BCUT2D eigenvalue weighted by atomic mass is 10.1. The number of ether oxygens (including phenoxy) is 2. The molecule has 0 unspecified atom stereocenters. The molecule has 0 bridgehead atoms. The summed E-state index contributed by atoms with van der Waals surface area (Å²) in [4.78, 5) is 24.9. The summed E-state index contributed by atoms with van der Waals surface area (Å²) >= 11 is 1.28. The number of halogens is 1. The molecule has 1 aliphatic heterocycles. The van der Waals surface area contributed by atoms with Crippen LogP contribution in [-0.4, -0.2) is 11.8 Å². The monoisotopic (exact) mass is 366 g/mol. The Hall–Kier alpha value is -3.25. The molecule has 4 rings (SSSR count). The first-order valence-electron chi connectivity index (χ1n) is 7.70. The summed E-state index contributed by atoms with van der Waals surface area (Å²) in [5.74, 6) is -0.357. The SMILES string of the molecule is O=C(Oc1ccc2c(c1)O/C(=C/c1ccc(F)cc1)C2=O)c1cccs1. The summed E-state index contributed by atoms with van der Waals surface area (Å²) in [6, 6.07) is 13.8. The average Bonchev–Trinajstić information content (AvgIpc) is 3.26. The van der Waals surface area contributed by atoms with Crippen molar-refractivity contribution in [1.82, 2.24) is 0 Å². The molecular weight excluding hydrogens is 355 g/mol. The maximum atomic E-state index is 13.0. The Labute approximate surface area is 152 Å². The molecule has 0 atom stereocenters. The van der Waals surface area contributed by atoms with E-state index >= 15 is 0 Å². The van der Waals surface area contributed by atoms with E-state index in [2.05, 4.69) is 0 Å². The first-order chi connectivity index (χ1) is 12.6. The Morgan fingerprint density at radius 3 is 2.65 bits per heavy atom. The molecule has 0 saturated carbocycles. The smallest absolute Gasteiger partial charge is 0.353 e. The molecule has 128 valence electrons. The van der Waals surface area contributed by atoms with Gasteiger partial charge in [-0.3, -0.25) is 4.79 Å². The number of hydrogen-bond donors (Lipinski definition) is 0. The number of carbonyl (C=O) groups is 2. The van der Waals surface area contributed by atoms with Gasteiger partial charge in [-0.1, -0.05) is 18.2 Å². The minimum absolute atomic E-state index is 0.133. The zero-order valence-corrected chi connectivity index (χ0v) is 14.1. The lowest BCUT2D eigenvalue weighted by Crippen LogP contribution is -2.06. The van der Waals surface area contributed by atoms with Crippen molar-refractivity contribution >= 4 is 29.2 Å². The van der Waals surface area contributed by atoms with Crippen molar-refractivity contribution in [3.8, 4) is 11.5 Å². The van der Waals surface area contributed by atoms with Gasteiger partial charge in [0, 0.05) is 6.07 Å². The van der Waals surface area contributed by atoms with Crippen molar-refractivity contribution in [3.63, 3.8) is 0 Å². The standard InChI is InChI=1S/C20H11FO4S/c21-13-5-3-12(4-6-13)10-17-19(22)15-8-7-14(11-16(15)25-17)24-20(23)18-2-1-9-26-18/h1-11H/b17-10+. The summed E-state index contributed by atoms with van der Waals surface area (Å²) < 4.78 is 23.9. The quantitative estimate of drug-likeness (QED) is 0.382. The van der Waals surface area contributed by atoms with Crippen LogP contribution in [-0.2, 0) is 0 Å². The number of fused-ring (bicyclic) bond motifs is 1. The number of ketones is 1. The van der Waals surface area contributed by atoms with Gasteiger partial charge in [-0.25, -0.2) is 9.18 Å². The molecule has 26 heavy (non-hydrogen) atoms. The van der Waals surface area contributed by atoms with E-state index in [1.165, 1.54) is 29.5 Å². The molecule has 1 aliphatic rings. The Bertz CT molecular complexity index is 1020. The van der Waals surface area contributed by atoms with Crippen molar-refractivity contribution in [2.45, 2.75) is 0 Å². The van der Waals surface area contributed by atoms with E-state index in [-0.39, 0.29) is 23.1 Å². The van der Waals surface area contributed by atoms with Crippen molar-refractivity contribution in [1.29, 1.82) is 0 Å². The van der Waals surface area contributed by atoms with E-state index in [0.29, 0.717) is 21.8 Å². The maximum absolute atomic E-state index is 13.0. The lowest BCUT2D eigenvalue weighted by Gasteiger charge is -2.04. The third-order valence-electron chi connectivity index (χ3n) is 3.74. The van der Waals surface area contributed by atoms with Crippen molar-refractivity contribution < 1.29 is 23.5 Å². The van der Waals surface area contributed by atoms with E-state index in [1.54, 1.807) is 47.9 Å². The first-order valence-corrected chi connectivity index (χ1v) is 8.58. The van der Waals surface area contributed by atoms with E-state index in [9.17, 15) is 14.0 Å². The molecule has 2 aromatic carbocycles. The zero-order valence-electron chi connectivity index (χ0n) is 13.3. The van der Waals surface area contributed by atoms with Crippen LogP contribution in [0.1, 0.15) is 25.6 Å². The fourth-order valence-electron chi connectivity index (χ4n) is 2.49. The van der Waals surface area contributed by atoms with Gasteiger partial charge in [0.2, 0.25) is 5.78 Å². The topological polar surface area (TPSA) is 52.6 Å². The zero-order chi connectivity index (χ0) is 18.1. The fraction of sp³-hybridized carbons (Fsp3) is 0. The number of allylic oxidation sites excluding steroid dienone is 1. The Morgan fingerprint density at radius 2 is 1.92 bits per heavy atom. The van der Waals surface area contributed by atoms with Crippen LogP contribution in [0.3, 0.4) is 0 Å². The van der Waals surface area contributed by atoms with Gasteiger partial charge in [0.15, 0.2) is 5.76 Å². The summed E-state index contributed by atoms with van der Waals surface area (Å²) in [5, 5.41) is 1.79. The molecule has 4 nitrogen and oxygen atoms in total. The molecule has 0 amide bonds. The van der Waals surface area contributed by atoms with Gasteiger partial charge in [0.05, 0.1) is 5.56 Å². The highest BCUT2D eigenvalue weighted by Gasteiger charge is 2.28. The van der Waals surface area contributed by atoms with Gasteiger partial charge in [-0.15, -0.1) is 11.3 Å². The molecule has 0 fully saturated rings. The van der Waals surface area contributed by atoms with Crippen molar-refractivity contribution in [2.75, 3.05) is 0 Å². The summed E-state index contributed by atoms with van der Waals surface area (Å²) in [5.41, 5.74) is 1.03. The summed E-state index contributed by atoms with van der Waals surface area (Å²) in [6.45, 7) is 0. The highest BCUT2D eigenvalue weighted by atomic mass is 32.1. The fourth-order valence-corrected chi connectivity index (χ4v) is 3.09. The predicted molar refractivity (Wildman–Crippen MR) is 95.1 cm³/mol. The van der Waals surface area contributed by atoms with Crippen molar-refractivity contribution in [2.24, 2.45) is 0 Å². The number of thiophene rings is 1. The Balaban J connectivity index is 1.56. The summed E-state index contributed by atoms with van der Waals surface area (Å²) in [7, 11) is 0. The highest BCUT2D eigenvalue weighted by Crippen LogP contribution is 2.35. The third-order valence-corrected chi connectivity index (χ3v) is 4.59. The van der Waals surface area contributed by atoms with Crippen LogP contribution in [0.15, 0.2) is 65.7 Å². The Kier molecular flexibility index (Phi) is 4.10. The first kappa shape index (κ1) is 16.2. The molecule has 6 heteroatoms. The number of carbonyl (C=O) groups excluding carboxylic acids is 2. The number of hydrogen-bond acceptors (Lipinski definition) is 5. The molecule has 0 aliphatic carbocycles. The van der Waals surface area contributed by atoms with Gasteiger partial charge in [0.1, 0.15) is 22.2 Å². The molecule has 0 saturated heterocycles. The minimum atomic E-state index is -0.466. The van der Waals surface area contributed by atoms with E-state index in [0.717, 1.165) is 0 Å². The number of Topliss-reactive ketones (excluding diaryl/α,β-unsaturated/α-hetero) is 1. The normalized spacial score (nSPS) is 14.2. The van der Waals surface area contributed by atoms with Crippen LogP contribution in [0.5, 0.6) is 11.5 Å². The predicted octanol–water partition coefficient (Wildman–Crippen LogP) is 4.72. The second-order valence-corrected chi connectivity index (χ2v) is 6.46. The third kappa shape index (κ3) is 3.14. The van der Waals surface area contributed by atoms with Crippen molar-refractivity contribution in [3.05, 3.63) is 87.6 Å². The lowest BCUT2D eigenvalue weighted by molar-refractivity contribution is 0.0739. The molecule has 0 N–H and O–H groups in total.